The third-order valence-electron chi connectivity index (χ3n) is 2.70. The molecule has 2 N–H and O–H groups in total. The Bertz CT molecular complexity index is 667. The van der Waals surface area contributed by atoms with Crippen molar-refractivity contribution >= 4 is 27.8 Å². The van der Waals surface area contributed by atoms with Gasteiger partial charge < -0.3 is 15.0 Å². The summed E-state index contributed by atoms with van der Waals surface area (Å²) in [4.78, 5) is 26.8. The predicted molar refractivity (Wildman–Crippen MR) is 75.5 cm³/mol. The number of carboxylic acids is 1. The Hall–Kier alpha value is -2.15. The number of aryl methyl sites for hydroxylation is 1. The number of hydrogen-bond donors (Lipinski definition) is 2. The summed E-state index contributed by atoms with van der Waals surface area (Å²) in [5.41, 5.74) is 1.14. The van der Waals surface area contributed by atoms with Crippen molar-refractivity contribution in [2.24, 2.45) is 7.05 Å². The van der Waals surface area contributed by atoms with Crippen LogP contribution in [0.3, 0.4) is 0 Å². The van der Waals surface area contributed by atoms with E-state index in [0.717, 1.165) is 4.47 Å². The number of carbonyl (C=O) groups excluding carboxylic acids is 1. The number of nitrogens with zero attached hydrogens (tertiary/aromatic N) is 2. The Morgan fingerprint density at radius 2 is 2.20 bits per heavy atom. The molecule has 0 atom stereocenters. The van der Waals surface area contributed by atoms with E-state index in [1.807, 2.05) is 0 Å². The van der Waals surface area contributed by atoms with Crippen LogP contribution in [0.25, 0.3) is 0 Å². The number of carboxylic acid groups (broad SMARTS) is 1. The standard InChI is InChI=1S/C13H12BrN3O3/c1-17-7-9(14)5-11(17)12(18)16-6-10-4-8(13(19)20)2-3-15-10/h2-5,7H,6H2,1H3,(H,16,18)(H,19,20). The van der Waals surface area contributed by atoms with Crippen molar-refractivity contribution in [1.29, 1.82) is 0 Å². The molecular weight excluding hydrogens is 326 g/mol. The predicted octanol–water partition coefficient (Wildman–Crippen LogP) is 1.81. The molecular formula is C13H12BrN3O3. The minimum absolute atomic E-state index is 0.144. The Labute approximate surface area is 123 Å². The average Bonchev–Trinajstić information content (AvgIpc) is 2.75. The number of carbonyl (C=O) groups is 2. The van der Waals surface area contributed by atoms with Gasteiger partial charge in [0.25, 0.3) is 5.91 Å². The number of rotatable bonds is 4. The molecule has 1 amide bonds. The van der Waals surface area contributed by atoms with Crippen molar-refractivity contribution in [3.8, 4) is 0 Å². The Morgan fingerprint density at radius 3 is 2.80 bits per heavy atom. The number of nitrogens with one attached hydrogen (secondary N) is 1. The van der Waals surface area contributed by atoms with Gasteiger partial charge in [0.15, 0.2) is 0 Å². The summed E-state index contributed by atoms with van der Waals surface area (Å²) in [5, 5.41) is 11.6. The summed E-state index contributed by atoms with van der Waals surface area (Å²) >= 11 is 3.29. The highest BCUT2D eigenvalue weighted by Crippen LogP contribution is 2.13. The zero-order valence-corrected chi connectivity index (χ0v) is 12.2. The minimum Gasteiger partial charge on any atom is -0.478 e. The highest BCUT2D eigenvalue weighted by molar-refractivity contribution is 9.10. The lowest BCUT2D eigenvalue weighted by Gasteiger charge is -2.06. The van der Waals surface area contributed by atoms with E-state index in [0.29, 0.717) is 11.4 Å². The van der Waals surface area contributed by atoms with Crippen LogP contribution in [0.5, 0.6) is 0 Å². The Balaban J connectivity index is 2.05. The van der Waals surface area contributed by atoms with Crippen LogP contribution in [-0.4, -0.2) is 26.5 Å². The number of aromatic carboxylic acids is 1. The van der Waals surface area contributed by atoms with E-state index in [2.05, 4.69) is 26.2 Å². The van der Waals surface area contributed by atoms with E-state index in [1.165, 1.54) is 18.3 Å². The second kappa shape index (κ2) is 5.87. The van der Waals surface area contributed by atoms with Gasteiger partial charge in [0, 0.05) is 23.9 Å². The first kappa shape index (κ1) is 14.3. The molecule has 0 saturated carbocycles. The van der Waals surface area contributed by atoms with Gasteiger partial charge in [0.2, 0.25) is 0 Å². The number of pyridine rings is 1. The largest absolute Gasteiger partial charge is 0.478 e. The number of aromatic nitrogens is 2. The number of amides is 1. The van der Waals surface area contributed by atoms with Crippen LogP contribution >= 0.6 is 15.9 Å². The van der Waals surface area contributed by atoms with Crippen LogP contribution in [0, 0.1) is 0 Å². The monoisotopic (exact) mass is 337 g/mol. The van der Waals surface area contributed by atoms with E-state index in [9.17, 15) is 9.59 Å². The maximum atomic E-state index is 12.0. The first-order chi connectivity index (χ1) is 9.47. The van der Waals surface area contributed by atoms with E-state index < -0.39 is 5.97 Å². The van der Waals surface area contributed by atoms with Gasteiger partial charge in [0.05, 0.1) is 17.8 Å². The first-order valence-corrected chi connectivity index (χ1v) is 6.55. The summed E-state index contributed by atoms with van der Waals surface area (Å²) in [6.07, 6.45) is 3.18. The summed E-state index contributed by atoms with van der Waals surface area (Å²) in [5.74, 6) is -1.27. The van der Waals surface area contributed by atoms with E-state index >= 15 is 0 Å². The molecule has 0 aliphatic carbocycles. The molecule has 0 saturated heterocycles. The molecule has 0 aliphatic rings. The molecule has 0 aromatic carbocycles. The lowest BCUT2D eigenvalue weighted by molar-refractivity contribution is 0.0696. The van der Waals surface area contributed by atoms with Gasteiger partial charge in [-0.25, -0.2) is 4.79 Å². The van der Waals surface area contributed by atoms with Crippen molar-refractivity contribution in [2.45, 2.75) is 6.54 Å². The van der Waals surface area contributed by atoms with Crippen molar-refractivity contribution in [3.63, 3.8) is 0 Å². The van der Waals surface area contributed by atoms with Gasteiger partial charge in [-0.2, -0.15) is 0 Å². The second-order valence-electron chi connectivity index (χ2n) is 4.18. The molecule has 6 nitrogen and oxygen atoms in total. The maximum Gasteiger partial charge on any atom is 0.335 e. The lowest BCUT2D eigenvalue weighted by Crippen LogP contribution is -2.25. The van der Waals surface area contributed by atoms with E-state index in [-0.39, 0.29) is 18.0 Å². The van der Waals surface area contributed by atoms with Crippen LogP contribution in [0.4, 0.5) is 0 Å². The van der Waals surface area contributed by atoms with Crippen LogP contribution in [-0.2, 0) is 13.6 Å². The quantitative estimate of drug-likeness (QED) is 0.891. The van der Waals surface area contributed by atoms with E-state index in [1.54, 1.807) is 23.9 Å². The maximum absolute atomic E-state index is 12.0. The summed E-state index contributed by atoms with van der Waals surface area (Å²) in [7, 11) is 1.77. The Kier molecular flexibility index (Phi) is 4.19. The molecule has 20 heavy (non-hydrogen) atoms. The molecule has 0 fully saturated rings. The van der Waals surface area contributed by atoms with Crippen molar-refractivity contribution in [2.75, 3.05) is 0 Å². The van der Waals surface area contributed by atoms with Crippen molar-refractivity contribution in [1.82, 2.24) is 14.9 Å². The fraction of sp³-hybridized carbons (Fsp3) is 0.154. The summed E-state index contributed by atoms with van der Waals surface area (Å²) in [6.45, 7) is 0.169. The van der Waals surface area contributed by atoms with E-state index in [4.69, 9.17) is 5.11 Å². The lowest BCUT2D eigenvalue weighted by atomic mass is 10.2. The van der Waals surface area contributed by atoms with Gasteiger partial charge in [0.1, 0.15) is 5.69 Å². The molecule has 0 spiro atoms. The highest BCUT2D eigenvalue weighted by atomic mass is 79.9. The molecule has 0 bridgehead atoms. The van der Waals surface area contributed by atoms with Gasteiger partial charge in [-0.3, -0.25) is 9.78 Å². The van der Waals surface area contributed by atoms with Gasteiger partial charge in [-0.15, -0.1) is 0 Å². The first-order valence-electron chi connectivity index (χ1n) is 5.75. The van der Waals surface area contributed by atoms with Crippen LogP contribution in [0.15, 0.2) is 35.1 Å². The molecule has 2 aromatic heterocycles. The summed E-state index contributed by atoms with van der Waals surface area (Å²) in [6, 6.07) is 4.54. The Morgan fingerprint density at radius 1 is 1.45 bits per heavy atom. The van der Waals surface area contributed by atoms with Gasteiger partial charge in [-0.05, 0) is 34.1 Å². The zero-order chi connectivity index (χ0) is 14.7. The molecule has 2 aromatic rings. The topological polar surface area (TPSA) is 84.2 Å². The van der Waals surface area contributed by atoms with Crippen molar-refractivity contribution in [3.05, 3.63) is 52.0 Å². The van der Waals surface area contributed by atoms with Gasteiger partial charge >= 0.3 is 5.97 Å². The molecule has 7 heteroatoms. The summed E-state index contributed by atoms with van der Waals surface area (Å²) < 4.78 is 2.51. The molecule has 2 heterocycles. The number of hydrogen-bond acceptors (Lipinski definition) is 3. The van der Waals surface area contributed by atoms with Gasteiger partial charge in [-0.1, -0.05) is 0 Å². The number of halogens is 1. The van der Waals surface area contributed by atoms with Crippen LogP contribution in [0.1, 0.15) is 26.5 Å². The molecule has 0 unspecified atom stereocenters. The second-order valence-corrected chi connectivity index (χ2v) is 5.09. The highest BCUT2D eigenvalue weighted by Gasteiger charge is 2.11. The van der Waals surface area contributed by atoms with Crippen LogP contribution in [0.2, 0.25) is 0 Å². The molecule has 2 rings (SSSR count). The minimum atomic E-state index is -1.02. The normalized spacial score (nSPS) is 10.3. The smallest absolute Gasteiger partial charge is 0.335 e. The van der Waals surface area contributed by atoms with Crippen LogP contribution < -0.4 is 5.32 Å². The zero-order valence-electron chi connectivity index (χ0n) is 10.6. The van der Waals surface area contributed by atoms with Crippen molar-refractivity contribution < 1.29 is 14.7 Å². The molecule has 0 aliphatic heterocycles. The molecule has 104 valence electrons. The average molecular weight is 338 g/mol. The third-order valence-corrected chi connectivity index (χ3v) is 3.13. The third kappa shape index (κ3) is 3.24. The fourth-order valence-corrected chi connectivity index (χ4v) is 2.24. The molecule has 0 radical (unpaired) electrons. The SMILES string of the molecule is Cn1cc(Br)cc1C(=O)NCc1cc(C(=O)O)ccn1. The fourth-order valence-electron chi connectivity index (χ4n) is 1.72.